The monoisotopic (exact) mass is 420 g/mol. The molecule has 7 heteroatoms. The van der Waals surface area contributed by atoms with Crippen molar-refractivity contribution in [1.29, 1.82) is 0 Å². The second-order valence-corrected chi connectivity index (χ2v) is 8.22. The Bertz CT molecular complexity index is 908. The Hall–Kier alpha value is -2.41. The second kappa shape index (κ2) is 8.38. The highest BCUT2D eigenvalue weighted by atomic mass is 19.4. The van der Waals surface area contributed by atoms with Gasteiger partial charge in [-0.3, -0.25) is 4.79 Å². The molecule has 0 bridgehead atoms. The fourth-order valence-electron chi connectivity index (χ4n) is 4.65. The van der Waals surface area contributed by atoms with Crippen molar-refractivity contribution in [3.8, 4) is 0 Å². The van der Waals surface area contributed by atoms with Gasteiger partial charge in [0.2, 0.25) is 0 Å². The molecule has 1 amide bonds. The normalized spacial score (nSPS) is 22.6. The molecule has 2 saturated heterocycles. The third kappa shape index (κ3) is 4.51. The maximum absolute atomic E-state index is 13.6. The molecule has 0 spiro atoms. The van der Waals surface area contributed by atoms with Crippen LogP contribution in [0.3, 0.4) is 0 Å². The SMILES string of the molecule is O=C(c1cccc(F)c1)N1C[C@@H](CN2CCCC2)[C@H](c2cccc(C(F)(F)F)c2)C1. The van der Waals surface area contributed by atoms with Crippen LogP contribution in [-0.2, 0) is 6.18 Å². The summed E-state index contributed by atoms with van der Waals surface area (Å²) in [5, 5.41) is 0. The van der Waals surface area contributed by atoms with Crippen molar-refractivity contribution in [1.82, 2.24) is 9.80 Å². The van der Waals surface area contributed by atoms with E-state index in [1.165, 1.54) is 30.3 Å². The number of carbonyl (C=O) groups is 1. The fraction of sp³-hybridized carbons (Fsp3) is 0.435. The number of amides is 1. The van der Waals surface area contributed by atoms with Crippen LogP contribution in [0.5, 0.6) is 0 Å². The van der Waals surface area contributed by atoms with Crippen LogP contribution >= 0.6 is 0 Å². The summed E-state index contributed by atoms with van der Waals surface area (Å²) >= 11 is 0. The molecule has 0 aromatic heterocycles. The van der Waals surface area contributed by atoms with E-state index in [1.807, 2.05) is 0 Å². The molecule has 4 rings (SSSR count). The van der Waals surface area contributed by atoms with E-state index in [9.17, 15) is 22.4 Å². The number of alkyl halides is 3. The summed E-state index contributed by atoms with van der Waals surface area (Å²) in [7, 11) is 0. The molecule has 30 heavy (non-hydrogen) atoms. The lowest BCUT2D eigenvalue weighted by molar-refractivity contribution is -0.137. The molecule has 2 atom stereocenters. The number of hydrogen-bond acceptors (Lipinski definition) is 2. The average Bonchev–Trinajstić information content (AvgIpc) is 3.37. The third-order valence-electron chi connectivity index (χ3n) is 6.13. The van der Waals surface area contributed by atoms with E-state index in [-0.39, 0.29) is 23.3 Å². The first-order valence-corrected chi connectivity index (χ1v) is 10.3. The Labute approximate surface area is 173 Å². The van der Waals surface area contributed by atoms with Crippen LogP contribution in [-0.4, -0.2) is 48.4 Å². The zero-order valence-electron chi connectivity index (χ0n) is 16.5. The number of rotatable bonds is 4. The van der Waals surface area contributed by atoms with E-state index in [1.54, 1.807) is 17.0 Å². The number of nitrogens with zero attached hydrogens (tertiary/aromatic N) is 2. The average molecular weight is 420 g/mol. The lowest BCUT2D eigenvalue weighted by Gasteiger charge is -2.24. The van der Waals surface area contributed by atoms with Crippen molar-refractivity contribution in [2.24, 2.45) is 5.92 Å². The van der Waals surface area contributed by atoms with Crippen LogP contribution in [0.25, 0.3) is 0 Å². The first-order valence-electron chi connectivity index (χ1n) is 10.3. The van der Waals surface area contributed by atoms with E-state index in [2.05, 4.69) is 4.90 Å². The van der Waals surface area contributed by atoms with Gasteiger partial charge in [-0.2, -0.15) is 13.2 Å². The van der Waals surface area contributed by atoms with Crippen LogP contribution in [0.1, 0.15) is 40.2 Å². The highest BCUT2D eigenvalue weighted by Gasteiger charge is 2.39. The quantitative estimate of drug-likeness (QED) is 0.664. The maximum Gasteiger partial charge on any atom is 0.416 e. The zero-order chi connectivity index (χ0) is 21.3. The molecule has 2 aliphatic heterocycles. The molecule has 2 fully saturated rings. The lowest BCUT2D eigenvalue weighted by Crippen LogP contribution is -2.32. The standard InChI is InChI=1S/C23H24F4N2O/c24-20-8-4-6-17(12-20)22(30)29-14-18(13-28-9-1-2-10-28)21(15-29)16-5-3-7-19(11-16)23(25,26)27/h3-8,11-12,18,21H,1-2,9-10,13-15H2/t18-,21+/m1/s1. The number of halogens is 4. The van der Waals surface area contributed by atoms with Crippen LogP contribution in [0.4, 0.5) is 17.6 Å². The number of benzene rings is 2. The smallest absolute Gasteiger partial charge is 0.338 e. The van der Waals surface area contributed by atoms with Crippen molar-refractivity contribution in [3.05, 3.63) is 71.0 Å². The maximum atomic E-state index is 13.6. The van der Waals surface area contributed by atoms with Crippen molar-refractivity contribution in [2.75, 3.05) is 32.7 Å². The number of carbonyl (C=O) groups excluding carboxylic acids is 1. The molecular formula is C23H24F4N2O. The second-order valence-electron chi connectivity index (χ2n) is 8.22. The van der Waals surface area contributed by atoms with Crippen LogP contribution in [0, 0.1) is 11.7 Å². The van der Waals surface area contributed by atoms with Gasteiger partial charge < -0.3 is 9.80 Å². The van der Waals surface area contributed by atoms with Gasteiger partial charge in [-0.1, -0.05) is 24.3 Å². The molecule has 2 aliphatic rings. The molecule has 2 aromatic carbocycles. The first kappa shape index (κ1) is 20.8. The van der Waals surface area contributed by atoms with Crippen molar-refractivity contribution < 1.29 is 22.4 Å². The Morgan fingerprint density at radius 2 is 1.73 bits per heavy atom. The third-order valence-corrected chi connectivity index (χ3v) is 6.13. The molecule has 3 nitrogen and oxygen atoms in total. The van der Waals surface area contributed by atoms with E-state index < -0.39 is 17.6 Å². The van der Waals surface area contributed by atoms with Gasteiger partial charge >= 0.3 is 6.18 Å². The summed E-state index contributed by atoms with van der Waals surface area (Å²) < 4.78 is 53.3. The molecule has 0 N–H and O–H groups in total. The Balaban J connectivity index is 1.60. The van der Waals surface area contributed by atoms with Crippen molar-refractivity contribution in [3.63, 3.8) is 0 Å². The topological polar surface area (TPSA) is 23.6 Å². The molecule has 2 aromatic rings. The largest absolute Gasteiger partial charge is 0.416 e. The predicted molar refractivity (Wildman–Crippen MR) is 106 cm³/mol. The number of hydrogen-bond donors (Lipinski definition) is 0. The minimum Gasteiger partial charge on any atom is -0.338 e. The Kier molecular flexibility index (Phi) is 5.82. The summed E-state index contributed by atoms with van der Waals surface area (Å²) in [6.07, 6.45) is -2.17. The van der Waals surface area contributed by atoms with Gasteiger partial charge in [-0.25, -0.2) is 4.39 Å². The Morgan fingerprint density at radius 1 is 1.00 bits per heavy atom. The van der Waals surface area contributed by atoms with Crippen molar-refractivity contribution >= 4 is 5.91 Å². The van der Waals surface area contributed by atoms with E-state index in [4.69, 9.17) is 0 Å². The highest BCUT2D eigenvalue weighted by Crippen LogP contribution is 2.37. The molecule has 2 heterocycles. The van der Waals surface area contributed by atoms with Crippen LogP contribution in [0.15, 0.2) is 48.5 Å². The predicted octanol–water partition coefficient (Wildman–Crippen LogP) is 4.80. The molecule has 0 saturated carbocycles. The fourth-order valence-corrected chi connectivity index (χ4v) is 4.65. The van der Waals surface area contributed by atoms with Crippen LogP contribution in [0.2, 0.25) is 0 Å². The van der Waals surface area contributed by atoms with Gasteiger partial charge in [0.1, 0.15) is 5.82 Å². The van der Waals surface area contributed by atoms with Gasteiger partial charge in [-0.15, -0.1) is 0 Å². The molecule has 0 unspecified atom stereocenters. The molecule has 0 aliphatic carbocycles. The highest BCUT2D eigenvalue weighted by molar-refractivity contribution is 5.94. The van der Waals surface area contributed by atoms with Gasteiger partial charge in [0.15, 0.2) is 0 Å². The first-order chi connectivity index (χ1) is 14.3. The molecular weight excluding hydrogens is 396 g/mol. The van der Waals surface area contributed by atoms with E-state index in [0.29, 0.717) is 18.7 Å². The van der Waals surface area contributed by atoms with Gasteiger partial charge in [0.25, 0.3) is 5.91 Å². The minimum absolute atomic E-state index is 0.0316. The summed E-state index contributed by atoms with van der Waals surface area (Å²) in [6, 6.07) is 11.0. The molecule has 160 valence electrons. The summed E-state index contributed by atoms with van der Waals surface area (Å²) in [6.45, 7) is 3.48. The minimum atomic E-state index is -4.41. The summed E-state index contributed by atoms with van der Waals surface area (Å²) in [5.74, 6) is -0.923. The number of likely N-dealkylation sites (tertiary alicyclic amines) is 2. The van der Waals surface area contributed by atoms with Gasteiger partial charge in [-0.05, 0) is 61.7 Å². The van der Waals surface area contributed by atoms with Crippen molar-refractivity contribution in [2.45, 2.75) is 24.9 Å². The van der Waals surface area contributed by atoms with E-state index >= 15 is 0 Å². The zero-order valence-corrected chi connectivity index (χ0v) is 16.5. The van der Waals surface area contributed by atoms with E-state index in [0.717, 1.165) is 38.5 Å². The van der Waals surface area contributed by atoms with Gasteiger partial charge in [0.05, 0.1) is 5.56 Å². The Morgan fingerprint density at radius 3 is 2.43 bits per heavy atom. The summed E-state index contributed by atoms with van der Waals surface area (Å²) in [5.41, 5.74) is 0.193. The van der Waals surface area contributed by atoms with Gasteiger partial charge in [0, 0.05) is 31.1 Å². The molecule has 0 radical (unpaired) electrons. The summed E-state index contributed by atoms with van der Waals surface area (Å²) in [4.78, 5) is 16.9. The lowest BCUT2D eigenvalue weighted by atomic mass is 9.87. The van der Waals surface area contributed by atoms with Crippen LogP contribution < -0.4 is 0 Å².